The number of amides is 1. The molecule has 3 heterocycles. The van der Waals surface area contributed by atoms with Gasteiger partial charge in [-0.25, -0.2) is 4.79 Å². The van der Waals surface area contributed by atoms with Crippen molar-refractivity contribution in [3.8, 4) is 5.69 Å². The number of carboxylic acids is 1. The average molecular weight is 410 g/mol. The van der Waals surface area contributed by atoms with Gasteiger partial charge in [0.1, 0.15) is 5.56 Å². The van der Waals surface area contributed by atoms with Gasteiger partial charge in [-0.15, -0.1) is 0 Å². The fraction of sp³-hybridized carbons (Fsp3) is 0.409. The van der Waals surface area contributed by atoms with Crippen molar-refractivity contribution < 1.29 is 14.7 Å². The Morgan fingerprint density at radius 3 is 2.20 bits per heavy atom. The number of anilines is 1. The lowest BCUT2D eigenvalue weighted by Gasteiger charge is -2.34. The maximum Gasteiger partial charge on any atom is 0.341 e. The first-order chi connectivity index (χ1) is 14.3. The van der Waals surface area contributed by atoms with Crippen LogP contribution < -0.4 is 10.5 Å². The normalized spacial score (nSPS) is 17.0. The summed E-state index contributed by atoms with van der Waals surface area (Å²) in [6.07, 6.45) is 2.05. The molecule has 1 N–H and O–H groups in total. The molecule has 1 aromatic carbocycles. The first kappa shape index (κ1) is 20.2. The first-order valence-corrected chi connectivity index (χ1v) is 10.2. The molecule has 8 nitrogen and oxygen atoms in total. The number of hydrogen-bond donors (Lipinski definition) is 1. The van der Waals surface area contributed by atoms with Crippen molar-refractivity contribution in [1.29, 1.82) is 0 Å². The molecular formula is C22H26N4O4. The number of hydrogen-bond acceptors (Lipinski definition) is 5. The molecule has 1 fully saturated rings. The minimum absolute atomic E-state index is 0.0631. The number of pyridine rings is 1. The van der Waals surface area contributed by atoms with Gasteiger partial charge in [-0.2, -0.15) is 0 Å². The summed E-state index contributed by atoms with van der Waals surface area (Å²) < 4.78 is 1.39. The summed E-state index contributed by atoms with van der Waals surface area (Å²) in [6, 6.07) is 7.63. The van der Waals surface area contributed by atoms with Crippen molar-refractivity contribution >= 4 is 17.6 Å². The Balaban J connectivity index is 1.71. The quantitative estimate of drug-likeness (QED) is 0.818. The molecule has 2 aromatic rings. The van der Waals surface area contributed by atoms with Crippen LogP contribution in [0.15, 0.2) is 35.3 Å². The van der Waals surface area contributed by atoms with E-state index in [0.717, 1.165) is 31.9 Å². The Kier molecular flexibility index (Phi) is 5.34. The van der Waals surface area contributed by atoms with Gasteiger partial charge in [-0.05, 0) is 48.9 Å². The fourth-order valence-electron chi connectivity index (χ4n) is 4.23. The maximum absolute atomic E-state index is 13.0. The fourth-order valence-corrected chi connectivity index (χ4v) is 4.23. The van der Waals surface area contributed by atoms with E-state index >= 15 is 0 Å². The third-order valence-electron chi connectivity index (χ3n) is 6.06. The minimum atomic E-state index is -1.23. The lowest BCUT2D eigenvalue weighted by Crippen LogP contribution is -2.44. The summed E-state index contributed by atoms with van der Waals surface area (Å²) in [5, 5.41) is 9.70. The van der Waals surface area contributed by atoms with Crippen molar-refractivity contribution in [3.63, 3.8) is 0 Å². The van der Waals surface area contributed by atoms with E-state index in [-0.39, 0.29) is 11.5 Å². The molecule has 1 aromatic heterocycles. The Morgan fingerprint density at radius 1 is 0.967 bits per heavy atom. The number of carbonyl (C=O) groups is 2. The molecule has 0 radical (unpaired) electrons. The third kappa shape index (κ3) is 3.70. The number of rotatable bonds is 3. The minimum Gasteiger partial charge on any atom is -0.477 e. The van der Waals surface area contributed by atoms with Gasteiger partial charge in [-0.3, -0.25) is 14.2 Å². The van der Waals surface area contributed by atoms with E-state index < -0.39 is 11.5 Å². The Labute approximate surface area is 174 Å². The molecule has 0 aliphatic carbocycles. The highest BCUT2D eigenvalue weighted by Gasteiger charge is 2.27. The van der Waals surface area contributed by atoms with Gasteiger partial charge in [-0.1, -0.05) is 0 Å². The zero-order valence-corrected chi connectivity index (χ0v) is 17.3. The zero-order valence-electron chi connectivity index (χ0n) is 17.3. The molecule has 158 valence electrons. The number of fused-ring (bicyclic) bond motifs is 1. The number of nitrogens with zero attached hydrogens (tertiary/aromatic N) is 4. The van der Waals surface area contributed by atoms with E-state index in [9.17, 15) is 19.5 Å². The van der Waals surface area contributed by atoms with E-state index in [4.69, 9.17) is 0 Å². The average Bonchev–Trinajstić information content (AvgIpc) is 2.73. The predicted octanol–water partition coefficient (Wildman–Crippen LogP) is 1.19. The van der Waals surface area contributed by atoms with Crippen molar-refractivity contribution in [2.45, 2.75) is 19.9 Å². The van der Waals surface area contributed by atoms with Gasteiger partial charge >= 0.3 is 5.97 Å². The molecule has 0 atom stereocenters. The van der Waals surface area contributed by atoms with Crippen LogP contribution in [-0.4, -0.2) is 71.1 Å². The Morgan fingerprint density at radius 2 is 1.60 bits per heavy atom. The standard InChI is InChI=1S/C22H26N4O4/c1-15(27)25-8-7-19-16(13-25)14-26(21(28)20(19)22(29)30)18-5-3-17(4-6-18)24-11-9-23(2)10-12-24/h3-6,14H,7-13H2,1-2H3,(H,29,30). The molecule has 1 saturated heterocycles. The van der Waals surface area contributed by atoms with Crippen LogP contribution in [0, 0.1) is 0 Å². The maximum atomic E-state index is 13.0. The molecule has 0 unspecified atom stereocenters. The van der Waals surface area contributed by atoms with Gasteiger partial charge in [0.25, 0.3) is 5.56 Å². The number of carbonyl (C=O) groups excluding carboxylic acids is 1. The van der Waals surface area contributed by atoms with Crippen molar-refractivity contribution in [1.82, 2.24) is 14.4 Å². The van der Waals surface area contributed by atoms with Crippen LogP contribution in [0.2, 0.25) is 0 Å². The molecule has 2 aliphatic rings. The number of piperazine rings is 1. The summed E-state index contributed by atoms with van der Waals surface area (Å²) in [7, 11) is 2.11. The second-order valence-corrected chi connectivity index (χ2v) is 7.99. The third-order valence-corrected chi connectivity index (χ3v) is 6.06. The molecule has 8 heteroatoms. The summed E-state index contributed by atoms with van der Waals surface area (Å²) in [4.78, 5) is 42.9. The first-order valence-electron chi connectivity index (χ1n) is 10.2. The molecule has 0 spiro atoms. The van der Waals surface area contributed by atoms with Crippen LogP contribution in [0.1, 0.15) is 28.4 Å². The highest BCUT2D eigenvalue weighted by Crippen LogP contribution is 2.23. The summed E-state index contributed by atoms with van der Waals surface area (Å²) in [5.41, 5.74) is 2.21. The largest absolute Gasteiger partial charge is 0.477 e. The van der Waals surface area contributed by atoms with Crippen LogP contribution in [-0.2, 0) is 17.8 Å². The van der Waals surface area contributed by atoms with Gasteiger partial charge in [0.2, 0.25) is 5.91 Å². The lowest BCUT2D eigenvalue weighted by molar-refractivity contribution is -0.129. The topological polar surface area (TPSA) is 86.1 Å². The smallest absolute Gasteiger partial charge is 0.341 e. The Bertz CT molecular complexity index is 1040. The van der Waals surface area contributed by atoms with Crippen LogP contribution >= 0.6 is 0 Å². The molecule has 0 bridgehead atoms. The number of aromatic carboxylic acids is 1. The van der Waals surface area contributed by atoms with Crippen LogP contribution in [0.3, 0.4) is 0 Å². The van der Waals surface area contributed by atoms with Gasteiger partial charge in [0.15, 0.2) is 0 Å². The second kappa shape index (κ2) is 7.95. The molecular weight excluding hydrogens is 384 g/mol. The molecule has 0 saturated carbocycles. The Hall–Kier alpha value is -3.13. The van der Waals surface area contributed by atoms with Gasteiger partial charge in [0.05, 0.1) is 0 Å². The van der Waals surface area contributed by atoms with E-state index in [2.05, 4.69) is 16.8 Å². The van der Waals surface area contributed by atoms with Crippen LogP contribution in [0.4, 0.5) is 5.69 Å². The van der Waals surface area contributed by atoms with E-state index in [0.29, 0.717) is 36.3 Å². The number of likely N-dealkylation sites (N-methyl/N-ethyl adjacent to an activating group) is 1. The highest BCUT2D eigenvalue weighted by atomic mass is 16.4. The summed E-state index contributed by atoms with van der Waals surface area (Å²) in [6.45, 7) is 6.12. The summed E-state index contributed by atoms with van der Waals surface area (Å²) >= 11 is 0. The van der Waals surface area contributed by atoms with Crippen molar-refractivity contribution in [3.05, 3.63) is 57.5 Å². The van der Waals surface area contributed by atoms with Gasteiger partial charge in [0, 0.05) is 63.8 Å². The van der Waals surface area contributed by atoms with Crippen LogP contribution in [0.5, 0.6) is 0 Å². The molecule has 4 rings (SSSR count). The van der Waals surface area contributed by atoms with Crippen molar-refractivity contribution in [2.75, 3.05) is 44.7 Å². The van der Waals surface area contributed by atoms with Crippen molar-refractivity contribution in [2.24, 2.45) is 0 Å². The number of aromatic nitrogens is 1. The molecule has 30 heavy (non-hydrogen) atoms. The monoisotopic (exact) mass is 410 g/mol. The lowest BCUT2D eigenvalue weighted by atomic mass is 9.96. The SMILES string of the molecule is CC(=O)N1CCc2c(cn(-c3ccc(N4CCN(C)CC4)cc3)c(=O)c2C(=O)O)C1. The van der Waals surface area contributed by atoms with E-state index in [1.807, 2.05) is 24.3 Å². The predicted molar refractivity (Wildman–Crippen MR) is 114 cm³/mol. The molecule has 1 amide bonds. The molecule has 2 aliphatic heterocycles. The van der Waals surface area contributed by atoms with Gasteiger partial charge < -0.3 is 19.8 Å². The van der Waals surface area contributed by atoms with E-state index in [1.165, 1.54) is 11.5 Å². The number of carboxylic acid groups (broad SMARTS) is 1. The second-order valence-electron chi connectivity index (χ2n) is 7.99. The highest BCUT2D eigenvalue weighted by molar-refractivity contribution is 5.89. The number of benzene rings is 1. The van der Waals surface area contributed by atoms with E-state index in [1.54, 1.807) is 11.1 Å². The summed E-state index contributed by atoms with van der Waals surface area (Å²) in [5.74, 6) is -1.29. The zero-order chi connectivity index (χ0) is 21.4. The van der Waals surface area contributed by atoms with Crippen LogP contribution in [0.25, 0.3) is 5.69 Å².